The minimum atomic E-state index is -0.0679. The highest BCUT2D eigenvalue weighted by Crippen LogP contribution is 2.44. The zero-order valence-electron chi connectivity index (χ0n) is 28.0. The molecular weight excluding hydrogens is 1120 g/mol. The van der Waals surface area contributed by atoms with E-state index in [1.54, 1.807) is 0 Å². The predicted octanol–water partition coefficient (Wildman–Crippen LogP) is 13.2. The van der Waals surface area contributed by atoms with E-state index in [0.29, 0.717) is 11.5 Å². The van der Waals surface area contributed by atoms with Crippen molar-refractivity contribution in [3.05, 3.63) is 168 Å². The number of hydrogen-bond donors (Lipinski definition) is 0. The smallest absolute Gasteiger partial charge is 0.206 e. The lowest BCUT2D eigenvalue weighted by atomic mass is 10.1. The topological polar surface area (TPSA) is 52.6 Å². The highest BCUT2D eigenvalue weighted by molar-refractivity contribution is 14.1. The normalized spacial score (nSPS) is 19.6. The first-order valence-electron chi connectivity index (χ1n) is 16.9. The molecule has 7 nitrogen and oxygen atoms in total. The molecule has 0 radical (unpaired) electrons. The van der Waals surface area contributed by atoms with Gasteiger partial charge in [-0.05, 0) is 141 Å². The Morgan fingerprint density at radius 2 is 0.811 bits per heavy atom. The molecule has 268 valence electrons. The summed E-state index contributed by atoms with van der Waals surface area (Å²) in [6.45, 7) is 1.50. The summed E-state index contributed by atoms with van der Waals surface area (Å²) in [6, 6.07) is 48.2. The molecule has 11 heteroatoms. The fourth-order valence-corrected chi connectivity index (χ4v) is 11.0. The lowest BCUT2D eigenvalue weighted by molar-refractivity contribution is 0.0740. The van der Waals surface area contributed by atoms with Crippen LogP contribution in [0.25, 0.3) is 0 Å². The molecule has 2 heterocycles. The number of para-hydroxylation sites is 2. The largest absolute Gasteiger partial charge is 0.466 e. The summed E-state index contributed by atoms with van der Waals surface area (Å²) < 4.78 is 31.2. The van der Waals surface area contributed by atoms with Crippen LogP contribution in [0.5, 0.6) is 46.0 Å². The maximum atomic E-state index is 6.23. The van der Waals surface area contributed by atoms with Crippen LogP contribution < -0.4 is 23.7 Å². The average molecular weight is 1150 g/mol. The Bertz CT molecular complexity index is 2170. The highest BCUT2D eigenvalue weighted by Gasteiger charge is 2.33. The minimum absolute atomic E-state index is 0.0471. The van der Waals surface area contributed by atoms with Gasteiger partial charge in [0.1, 0.15) is 46.0 Å². The van der Waals surface area contributed by atoms with Crippen LogP contribution in [0, 0.1) is 0 Å². The van der Waals surface area contributed by atoms with Crippen LogP contribution in [0.15, 0.2) is 146 Å². The number of halogens is 4. The van der Waals surface area contributed by atoms with E-state index >= 15 is 0 Å². The summed E-state index contributed by atoms with van der Waals surface area (Å²) in [6.07, 6.45) is 0. The quantitative estimate of drug-likeness (QED) is 0.0769. The molecule has 53 heavy (non-hydrogen) atoms. The van der Waals surface area contributed by atoms with Gasteiger partial charge in [0.15, 0.2) is 0 Å². The van der Waals surface area contributed by atoms with Crippen molar-refractivity contribution < 1.29 is 23.7 Å². The average Bonchev–Trinajstić information content (AvgIpc) is 3.17. The van der Waals surface area contributed by atoms with Crippen LogP contribution in [0.4, 0.5) is 0 Å². The van der Waals surface area contributed by atoms with Gasteiger partial charge in [0.25, 0.3) is 0 Å². The SMILES string of the molecule is IC1Oc2ccccc2C(I)N1Cc1ccc(Oc2ccc(Oc3ccc(Oc4cccc(CN5C(I)Oc6ccccc6C5I)c4)cc3)cc2)cc1. The molecule has 0 spiro atoms. The molecule has 4 atom stereocenters. The maximum Gasteiger partial charge on any atom is 0.206 e. The standard InChI is InChI=1S/C42H32I4N2O5/c43-39-35-8-1-3-10-37(35)52-41(45)47(39)25-27-12-14-29(15-13-27)49-30-16-18-31(19-17-30)50-32-20-22-33(23-21-32)51-34-7-5-6-28(24-34)26-48-40(44)36-9-2-4-11-38(36)53-42(48)46/h1-24,39-42H,25-26H2. The second-order valence-electron chi connectivity index (χ2n) is 12.5. The Morgan fingerprint density at radius 3 is 1.28 bits per heavy atom. The van der Waals surface area contributed by atoms with Crippen molar-refractivity contribution in [2.45, 2.75) is 29.7 Å². The monoisotopic (exact) mass is 1150 g/mol. The van der Waals surface area contributed by atoms with Crippen molar-refractivity contribution >= 4 is 90.4 Å². The first-order valence-corrected chi connectivity index (χ1v) is 21.8. The third kappa shape index (κ3) is 8.85. The molecule has 6 aromatic carbocycles. The van der Waals surface area contributed by atoms with E-state index in [0.717, 1.165) is 53.2 Å². The van der Waals surface area contributed by atoms with Gasteiger partial charge in [0.2, 0.25) is 8.47 Å². The Labute approximate surface area is 363 Å². The molecule has 8 rings (SSSR count). The summed E-state index contributed by atoms with van der Waals surface area (Å²) in [7, 11) is 0. The molecular formula is C42H32I4N2O5. The number of fused-ring (bicyclic) bond motifs is 2. The number of ether oxygens (including phenoxy) is 5. The molecule has 2 aliphatic heterocycles. The lowest BCUT2D eigenvalue weighted by Gasteiger charge is -2.37. The Hall–Kier alpha value is -2.84. The van der Waals surface area contributed by atoms with Crippen molar-refractivity contribution in [1.82, 2.24) is 9.80 Å². The van der Waals surface area contributed by atoms with Crippen molar-refractivity contribution in [2.24, 2.45) is 0 Å². The van der Waals surface area contributed by atoms with Gasteiger partial charge >= 0.3 is 0 Å². The van der Waals surface area contributed by atoms with Crippen LogP contribution in [0.2, 0.25) is 0 Å². The highest BCUT2D eigenvalue weighted by atomic mass is 127. The molecule has 4 unspecified atom stereocenters. The number of rotatable bonds is 10. The molecule has 0 saturated heterocycles. The van der Waals surface area contributed by atoms with E-state index in [2.05, 4.69) is 149 Å². The van der Waals surface area contributed by atoms with E-state index in [9.17, 15) is 0 Å². The second-order valence-corrected chi connectivity index (χ2v) is 16.9. The molecule has 0 fully saturated rings. The first-order chi connectivity index (χ1) is 25.9. The lowest BCUT2D eigenvalue weighted by Crippen LogP contribution is -2.39. The molecule has 0 bridgehead atoms. The Morgan fingerprint density at radius 1 is 0.415 bits per heavy atom. The fourth-order valence-electron chi connectivity index (χ4n) is 6.13. The summed E-state index contributed by atoms with van der Waals surface area (Å²) in [5.41, 5.74) is 4.74. The van der Waals surface area contributed by atoms with Crippen molar-refractivity contribution in [2.75, 3.05) is 0 Å². The van der Waals surface area contributed by atoms with Crippen molar-refractivity contribution in [3.8, 4) is 46.0 Å². The van der Waals surface area contributed by atoms with Gasteiger partial charge in [-0.25, -0.2) is 9.80 Å². The van der Waals surface area contributed by atoms with Gasteiger partial charge in [0, 0.05) is 24.2 Å². The van der Waals surface area contributed by atoms with Crippen LogP contribution in [-0.4, -0.2) is 18.3 Å². The van der Waals surface area contributed by atoms with Gasteiger partial charge in [-0.15, -0.1) is 0 Å². The zero-order valence-corrected chi connectivity index (χ0v) is 36.7. The number of hydrogen-bond acceptors (Lipinski definition) is 7. The summed E-state index contributed by atoms with van der Waals surface area (Å²) in [4.78, 5) is 4.67. The Balaban J connectivity index is 0.833. The van der Waals surface area contributed by atoms with Crippen LogP contribution >= 0.6 is 90.4 Å². The van der Waals surface area contributed by atoms with E-state index in [1.807, 2.05) is 97.1 Å². The van der Waals surface area contributed by atoms with Gasteiger partial charge < -0.3 is 23.7 Å². The fraction of sp³-hybridized carbons (Fsp3) is 0.143. The van der Waals surface area contributed by atoms with E-state index in [-0.39, 0.29) is 16.6 Å². The van der Waals surface area contributed by atoms with Crippen molar-refractivity contribution in [3.63, 3.8) is 0 Å². The maximum absolute atomic E-state index is 6.23. The summed E-state index contributed by atoms with van der Waals surface area (Å²) >= 11 is 9.70. The van der Waals surface area contributed by atoms with Crippen molar-refractivity contribution in [1.29, 1.82) is 0 Å². The van der Waals surface area contributed by atoms with Gasteiger partial charge in [0.05, 0.1) is 8.10 Å². The third-order valence-electron chi connectivity index (χ3n) is 8.81. The predicted molar refractivity (Wildman–Crippen MR) is 240 cm³/mol. The van der Waals surface area contributed by atoms with Crippen LogP contribution in [0.3, 0.4) is 0 Å². The summed E-state index contributed by atoms with van der Waals surface area (Å²) in [5, 5.41) is 0. The number of alkyl halides is 4. The molecule has 2 aliphatic rings. The Kier molecular flexibility index (Phi) is 11.8. The third-order valence-corrected chi connectivity index (χ3v) is 13.5. The number of benzene rings is 6. The van der Waals surface area contributed by atoms with E-state index < -0.39 is 0 Å². The van der Waals surface area contributed by atoms with E-state index in [1.165, 1.54) is 16.7 Å². The molecule has 0 saturated carbocycles. The minimum Gasteiger partial charge on any atom is -0.466 e. The van der Waals surface area contributed by atoms with Gasteiger partial charge in [-0.2, -0.15) is 0 Å². The van der Waals surface area contributed by atoms with Crippen LogP contribution in [0.1, 0.15) is 30.4 Å². The zero-order chi connectivity index (χ0) is 36.3. The number of nitrogens with zero attached hydrogens (tertiary/aromatic N) is 2. The summed E-state index contributed by atoms with van der Waals surface area (Å²) in [5.74, 6) is 6.36. The first kappa shape index (κ1) is 37.1. The second kappa shape index (κ2) is 16.9. The van der Waals surface area contributed by atoms with Crippen LogP contribution in [-0.2, 0) is 13.1 Å². The molecule has 0 aromatic heterocycles. The molecule has 0 amide bonds. The molecule has 0 aliphatic carbocycles. The van der Waals surface area contributed by atoms with E-state index in [4.69, 9.17) is 23.7 Å². The molecule has 6 aromatic rings. The van der Waals surface area contributed by atoms with Gasteiger partial charge in [-0.3, -0.25) is 0 Å². The molecule has 0 N–H and O–H groups in total. The van der Waals surface area contributed by atoms with Gasteiger partial charge in [-0.1, -0.05) is 106 Å².